The van der Waals surface area contributed by atoms with E-state index in [0.29, 0.717) is 0 Å². The Bertz CT molecular complexity index is 1160. The highest BCUT2D eigenvalue weighted by molar-refractivity contribution is 6.62. The second-order valence-corrected chi connectivity index (χ2v) is 9.18. The molecule has 4 nitrogen and oxygen atoms in total. The smallest absolute Gasteiger partial charge is 0.485 e. The van der Waals surface area contributed by atoms with Gasteiger partial charge < -0.3 is 18.5 Å². The van der Waals surface area contributed by atoms with Crippen LogP contribution in [0.15, 0.2) is 53.0 Å². The van der Waals surface area contributed by atoms with Crippen LogP contribution < -0.4 is 10.2 Å². The van der Waals surface area contributed by atoms with E-state index in [0.717, 1.165) is 27.9 Å². The lowest BCUT2D eigenvalue weighted by Gasteiger charge is -2.32. The monoisotopic (exact) mass is 386 g/mol. The van der Waals surface area contributed by atoms with E-state index in [1.54, 1.807) is 0 Å². The molecular formula is C24H23BO4. The van der Waals surface area contributed by atoms with Gasteiger partial charge in [0.25, 0.3) is 0 Å². The van der Waals surface area contributed by atoms with Crippen LogP contribution in [0, 0.1) is 0 Å². The van der Waals surface area contributed by atoms with Crippen LogP contribution in [0.5, 0.6) is 5.75 Å². The molecule has 0 spiro atoms. The maximum absolute atomic E-state index is 6.26. The second-order valence-electron chi connectivity index (χ2n) is 9.18. The van der Waals surface area contributed by atoms with E-state index in [9.17, 15) is 0 Å². The number of rotatable bonds is 1. The summed E-state index contributed by atoms with van der Waals surface area (Å²) in [5.74, 6) is 2.03. The van der Waals surface area contributed by atoms with Gasteiger partial charge in [0, 0.05) is 16.5 Å². The van der Waals surface area contributed by atoms with Crippen molar-refractivity contribution in [2.75, 3.05) is 0 Å². The minimum Gasteiger partial charge on any atom is -0.485 e. The Hall–Kier alpha value is -2.50. The highest BCUT2D eigenvalue weighted by atomic mass is 16.7. The van der Waals surface area contributed by atoms with Gasteiger partial charge in [-0.1, -0.05) is 30.3 Å². The average molecular weight is 386 g/mol. The SMILES string of the molecule is CC1(C)OB(c2ccc3c4c(oc3c2)C=CC2Oc3ccccc3C42)OC1(C)C. The lowest BCUT2D eigenvalue weighted by Crippen LogP contribution is -2.41. The fraction of sp³-hybridized carbons (Fsp3) is 0.333. The van der Waals surface area contributed by atoms with E-state index < -0.39 is 7.12 Å². The quantitative estimate of drug-likeness (QED) is 0.571. The number of hydrogen-bond acceptors (Lipinski definition) is 4. The Morgan fingerprint density at radius 1 is 0.931 bits per heavy atom. The third-order valence-corrected chi connectivity index (χ3v) is 6.90. The van der Waals surface area contributed by atoms with Crippen molar-refractivity contribution in [1.29, 1.82) is 0 Å². The van der Waals surface area contributed by atoms with E-state index in [4.69, 9.17) is 18.5 Å². The van der Waals surface area contributed by atoms with Gasteiger partial charge in [0.2, 0.25) is 0 Å². The highest BCUT2D eigenvalue weighted by Crippen LogP contribution is 2.49. The first-order valence-corrected chi connectivity index (χ1v) is 10.2. The molecule has 0 radical (unpaired) electrons. The van der Waals surface area contributed by atoms with Crippen molar-refractivity contribution in [2.45, 2.75) is 50.9 Å². The molecule has 0 N–H and O–H groups in total. The lowest BCUT2D eigenvalue weighted by atomic mass is 9.78. The van der Waals surface area contributed by atoms with Crippen LogP contribution in [0.1, 0.15) is 50.5 Å². The van der Waals surface area contributed by atoms with Crippen LogP contribution in [0.25, 0.3) is 17.0 Å². The molecule has 3 aliphatic rings. The van der Waals surface area contributed by atoms with Gasteiger partial charge in [0.15, 0.2) is 0 Å². The van der Waals surface area contributed by atoms with E-state index in [-0.39, 0.29) is 23.2 Å². The molecule has 1 fully saturated rings. The molecule has 146 valence electrons. The van der Waals surface area contributed by atoms with Gasteiger partial charge in [0.1, 0.15) is 23.2 Å². The normalized spacial score (nSPS) is 25.6. The van der Waals surface area contributed by atoms with Gasteiger partial charge in [-0.15, -0.1) is 0 Å². The maximum atomic E-state index is 6.26. The third-order valence-electron chi connectivity index (χ3n) is 6.90. The third kappa shape index (κ3) is 2.35. The molecule has 2 atom stereocenters. The molecular weight excluding hydrogens is 363 g/mol. The molecule has 0 saturated carbocycles. The Morgan fingerprint density at radius 2 is 1.69 bits per heavy atom. The number of fused-ring (bicyclic) bond motifs is 7. The minimum atomic E-state index is -0.398. The first-order chi connectivity index (χ1) is 13.8. The molecule has 1 saturated heterocycles. The summed E-state index contributed by atoms with van der Waals surface area (Å²) in [6.45, 7) is 8.28. The zero-order valence-corrected chi connectivity index (χ0v) is 17.1. The Balaban J connectivity index is 1.45. The van der Waals surface area contributed by atoms with E-state index >= 15 is 0 Å². The number of furan rings is 1. The standard InChI is InChI=1S/C24H23BO4/c1-23(2)24(3,4)29-25(28-23)14-9-10-16-20(13-14)27-19-12-11-18-21(22(16)19)15-7-5-6-8-17(15)26-18/h5-13,18,21H,1-4H3. The van der Waals surface area contributed by atoms with Gasteiger partial charge >= 0.3 is 7.12 Å². The van der Waals surface area contributed by atoms with E-state index in [1.165, 1.54) is 11.1 Å². The van der Waals surface area contributed by atoms with E-state index in [1.807, 2.05) is 18.2 Å². The largest absolute Gasteiger partial charge is 0.494 e. The summed E-state index contributed by atoms with van der Waals surface area (Å²) >= 11 is 0. The van der Waals surface area contributed by atoms with Crippen LogP contribution >= 0.6 is 0 Å². The molecule has 0 amide bonds. The fourth-order valence-corrected chi connectivity index (χ4v) is 4.61. The minimum absolute atomic E-state index is 0.0171. The number of ether oxygens (including phenoxy) is 1. The molecule has 5 heteroatoms. The second kappa shape index (κ2) is 5.56. The summed E-state index contributed by atoms with van der Waals surface area (Å²) in [7, 11) is -0.398. The number of benzene rings is 2. The molecule has 2 unspecified atom stereocenters. The predicted octanol–water partition coefficient (Wildman–Crippen LogP) is 4.65. The summed E-state index contributed by atoms with van der Waals surface area (Å²) in [6, 6.07) is 14.6. The topological polar surface area (TPSA) is 40.8 Å². The van der Waals surface area contributed by atoms with Gasteiger partial charge in [-0.2, -0.15) is 0 Å². The van der Waals surface area contributed by atoms with Crippen molar-refractivity contribution < 1.29 is 18.5 Å². The van der Waals surface area contributed by atoms with Gasteiger partial charge in [0.05, 0.1) is 17.1 Å². The van der Waals surface area contributed by atoms with Crippen molar-refractivity contribution in [3.8, 4) is 5.75 Å². The average Bonchev–Trinajstić information content (AvgIpc) is 3.29. The first kappa shape index (κ1) is 17.4. The molecule has 2 aliphatic heterocycles. The number of para-hydroxylation sites is 1. The lowest BCUT2D eigenvalue weighted by molar-refractivity contribution is 0.00578. The van der Waals surface area contributed by atoms with Crippen LogP contribution in [-0.2, 0) is 9.31 Å². The molecule has 29 heavy (non-hydrogen) atoms. The summed E-state index contributed by atoms with van der Waals surface area (Å²) in [5.41, 5.74) is 3.53. The highest BCUT2D eigenvalue weighted by Gasteiger charge is 2.52. The molecule has 0 bridgehead atoms. The van der Waals surface area contributed by atoms with Gasteiger partial charge in [-0.05, 0) is 57.4 Å². The Labute approximate surface area is 170 Å². The van der Waals surface area contributed by atoms with Crippen LogP contribution in [-0.4, -0.2) is 24.4 Å². The van der Waals surface area contributed by atoms with Crippen molar-refractivity contribution in [1.82, 2.24) is 0 Å². The Morgan fingerprint density at radius 3 is 2.48 bits per heavy atom. The fourth-order valence-electron chi connectivity index (χ4n) is 4.61. The number of hydrogen-bond donors (Lipinski definition) is 0. The summed E-state index contributed by atoms with van der Waals surface area (Å²) in [4.78, 5) is 0. The van der Waals surface area contributed by atoms with Crippen molar-refractivity contribution in [3.05, 3.63) is 65.4 Å². The zero-order valence-electron chi connectivity index (χ0n) is 17.1. The summed E-state index contributed by atoms with van der Waals surface area (Å²) in [6.07, 6.45) is 4.16. The van der Waals surface area contributed by atoms with Gasteiger partial charge in [-0.25, -0.2) is 0 Å². The molecule has 6 rings (SSSR count). The molecule has 3 aromatic rings. The van der Waals surface area contributed by atoms with Crippen LogP contribution in [0.2, 0.25) is 0 Å². The molecule has 3 heterocycles. The van der Waals surface area contributed by atoms with Gasteiger partial charge in [-0.3, -0.25) is 0 Å². The van der Waals surface area contributed by atoms with Crippen molar-refractivity contribution in [2.24, 2.45) is 0 Å². The molecule has 2 aromatic carbocycles. The maximum Gasteiger partial charge on any atom is 0.494 e. The summed E-state index contributed by atoms with van der Waals surface area (Å²) in [5, 5.41) is 1.12. The zero-order chi connectivity index (χ0) is 20.0. The molecule has 1 aliphatic carbocycles. The Kier molecular flexibility index (Phi) is 3.33. The van der Waals surface area contributed by atoms with Crippen LogP contribution in [0.4, 0.5) is 0 Å². The first-order valence-electron chi connectivity index (χ1n) is 10.2. The van der Waals surface area contributed by atoms with E-state index in [2.05, 4.69) is 64.1 Å². The van der Waals surface area contributed by atoms with Crippen molar-refractivity contribution in [3.63, 3.8) is 0 Å². The van der Waals surface area contributed by atoms with Crippen molar-refractivity contribution >= 4 is 29.6 Å². The van der Waals surface area contributed by atoms with Crippen LogP contribution in [0.3, 0.4) is 0 Å². The predicted molar refractivity (Wildman–Crippen MR) is 114 cm³/mol. The molecule has 1 aromatic heterocycles. The summed E-state index contributed by atoms with van der Waals surface area (Å²) < 4.78 is 24.9.